The van der Waals surface area contributed by atoms with Crippen LogP contribution in [0.1, 0.15) is 19.5 Å². The lowest BCUT2D eigenvalue weighted by molar-refractivity contribution is -0.113. The first-order valence-electron chi connectivity index (χ1n) is 8.07. The normalized spacial score (nSPS) is 15.8. The second-order valence-electron chi connectivity index (χ2n) is 5.82. The van der Waals surface area contributed by atoms with E-state index in [1.54, 1.807) is 34.5 Å². The summed E-state index contributed by atoms with van der Waals surface area (Å²) in [6, 6.07) is 4.91. The van der Waals surface area contributed by atoms with Crippen LogP contribution in [0.15, 0.2) is 33.0 Å². The maximum atomic E-state index is 12.6. The molecule has 1 aromatic heterocycles. The Kier molecular flexibility index (Phi) is 6.22. The van der Waals surface area contributed by atoms with Crippen LogP contribution in [0.25, 0.3) is 0 Å². The van der Waals surface area contributed by atoms with E-state index in [0.717, 1.165) is 17.0 Å². The summed E-state index contributed by atoms with van der Waals surface area (Å²) >= 11 is 14.7. The van der Waals surface area contributed by atoms with Gasteiger partial charge in [0.1, 0.15) is 0 Å². The smallest absolute Gasteiger partial charge is 0.268 e. The standard InChI is InChI=1S/C17H17Cl2N3O2S2/c1-3-22-16(24)15-13(6-9(2)26-15)21-17(22)25-8-14(23)20-10-4-5-11(18)12(19)7-10/h4-5,7,9H,3,6,8H2,1-2H3,(H,20,23). The van der Waals surface area contributed by atoms with Gasteiger partial charge in [-0.2, -0.15) is 0 Å². The SMILES string of the molecule is CCn1c(SCC(=O)Nc2ccc(Cl)c(Cl)c2)nc2c(c1=O)SC(C)C2. The van der Waals surface area contributed by atoms with Gasteiger partial charge in [-0.05, 0) is 25.1 Å². The monoisotopic (exact) mass is 429 g/mol. The first-order chi connectivity index (χ1) is 12.4. The van der Waals surface area contributed by atoms with Gasteiger partial charge in [-0.1, -0.05) is 41.9 Å². The van der Waals surface area contributed by atoms with Crippen LogP contribution in [0.3, 0.4) is 0 Å². The first-order valence-corrected chi connectivity index (χ1v) is 10.7. The van der Waals surface area contributed by atoms with Gasteiger partial charge >= 0.3 is 0 Å². The minimum Gasteiger partial charge on any atom is -0.325 e. The predicted octanol–water partition coefficient (Wildman–Crippen LogP) is 4.34. The maximum Gasteiger partial charge on any atom is 0.268 e. The minimum atomic E-state index is -0.200. The molecule has 0 saturated carbocycles. The Balaban J connectivity index is 1.72. The van der Waals surface area contributed by atoms with E-state index in [4.69, 9.17) is 23.2 Å². The number of hydrogen-bond donors (Lipinski definition) is 1. The van der Waals surface area contributed by atoms with Crippen molar-refractivity contribution in [3.8, 4) is 0 Å². The summed E-state index contributed by atoms with van der Waals surface area (Å²) in [6.45, 7) is 4.50. The molecular weight excluding hydrogens is 413 g/mol. The highest BCUT2D eigenvalue weighted by molar-refractivity contribution is 8.00. The van der Waals surface area contributed by atoms with Gasteiger partial charge in [0.2, 0.25) is 5.91 Å². The van der Waals surface area contributed by atoms with Crippen LogP contribution in [0.5, 0.6) is 0 Å². The van der Waals surface area contributed by atoms with Crippen LogP contribution >= 0.6 is 46.7 Å². The van der Waals surface area contributed by atoms with Gasteiger partial charge in [0.15, 0.2) is 5.16 Å². The minimum absolute atomic E-state index is 0.0146. The summed E-state index contributed by atoms with van der Waals surface area (Å²) in [5.41, 5.74) is 1.40. The van der Waals surface area contributed by atoms with Crippen molar-refractivity contribution < 1.29 is 4.79 Å². The Morgan fingerprint density at radius 3 is 2.88 bits per heavy atom. The van der Waals surface area contributed by atoms with Crippen LogP contribution in [0.4, 0.5) is 5.69 Å². The van der Waals surface area contributed by atoms with Crippen LogP contribution in [0, 0.1) is 0 Å². The molecule has 1 aromatic carbocycles. The number of thioether (sulfide) groups is 2. The number of halogens is 2. The average molecular weight is 430 g/mol. The molecule has 5 nitrogen and oxygen atoms in total. The van der Waals surface area contributed by atoms with Gasteiger partial charge in [0, 0.05) is 23.9 Å². The molecule has 0 bridgehead atoms. The molecule has 0 saturated heterocycles. The third-order valence-electron chi connectivity index (χ3n) is 3.81. The fourth-order valence-electron chi connectivity index (χ4n) is 2.62. The van der Waals surface area contributed by atoms with Crippen molar-refractivity contribution in [1.82, 2.24) is 9.55 Å². The second kappa shape index (κ2) is 8.25. The third-order valence-corrected chi connectivity index (χ3v) is 6.75. The van der Waals surface area contributed by atoms with Crippen molar-refractivity contribution in [2.45, 2.75) is 42.1 Å². The molecular formula is C17H17Cl2N3O2S2. The summed E-state index contributed by atoms with van der Waals surface area (Å²) < 4.78 is 1.63. The summed E-state index contributed by atoms with van der Waals surface area (Å²) in [6.07, 6.45) is 0.781. The van der Waals surface area contributed by atoms with E-state index in [9.17, 15) is 9.59 Å². The zero-order valence-corrected chi connectivity index (χ0v) is 17.4. The van der Waals surface area contributed by atoms with Gasteiger partial charge in [0.25, 0.3) is 5.56 Å². The Labute approximate surface area is 169 Å². The molecule has 2 heterocycles. The number of nitrogens with zero attached hydrogens (tertiary/aromatic N) is 2. The van der Waals surface area contributed by atoms with Gasteiger partial charge in [-0.15, -0.1) is 11.8 Å². The molecule has 0 spiro atoms. The van der Waals surface area contributed by atoms with Gasteiger partial charge in [0.05, 0.1) is 26.4 Å². The van der Waals surface area contributed by atoms with E-state index in [-0.39, 0.29) is 17.2 Å². The molecule has 26 heavy (non-hydrogen) atoms. The number of nitrogens with one attached hydrogen (secondary N) is 1. The number of amides is 1. The van der Waals surface area contributed by atoms with Crippen molar-refractivity contribution in [2.24, 2.45) is 0 Å². The molecule has 0 fully saturated rings. The van der Waals surface area contributed by atoms with Crippen LogP contribution in [-0.4, -0.2) is 26.5 Å². The van der Waals surface area contributed by atoms with E-state index in [0.29, 0.717) is 32.7 Å². The highest BCUT2D eigenvalue weighted by Crippen LogP contribution is 2.34. The van der Waals surface area contributed by atoms with E-state index in [1.807, 2.05) is 6.92 Å². The molecule has 0 aliphatic carbocycles. The van der Waals surface area contributed by atoms with Crippen LogP contribution in [-0.2, 0) is 17.8 Å². The lowest BCUT2D eigenvalue weighted by Gasteiger charge is -2.12. The Morgan fingerprint density at radius 2 is 2.19 bits per heavy atom. The number of fused-ring (bicyclic) bond motifs is 1. The van der Waals surface area contributed by atoms with Crippen LogP contribution < -0.4 is 10.9 Å². The molecule has 1 aliphatic rings. The largest absolute Gasteiger partial charge is 0.325 e. The van der Waals surface area contributed by atoms with Gasteiger partial charge in [-0.3, -0.25) is 14.2 Å². The lowest BCUT2D eigenvalue weighted by atomic mass is 10.2. The molecule has 3 rings (SSSR count). The third kappa shape index (κ3) is 4.22. The fourth-order valence-corrected chi connectivity index (χ4v) is 4.91. The molecule has 0 radical (unpaired) electrons. The number of hydrogen-bond acceptors (Lipinski definition) is 5. The Morgan fingerprint density at radius 1 is 1.42 bits per heavy atom. The van der Waals surface area contributed by atoms with Crippen molar-refractivity contribution in [2.75, 3.05) is 11.1 Å². The number of rotatable bonds is 5. The molecule has 1 aliphatic heterocycles. The molecule has 138 valence electrons. The Bertz CT molecular complexity index is 918. The van der Waals surface area contributed by atoms with Crippen LogP contribution in [0.2, 0.25) is 10.0 Å². The molecule has 1 amide bonds. The van der Waals surface area contributed by atoms with Crippen molar-refractivity contribution in [1.29, 1.82) is 0 Å². The molecule has 9 heteroatoms. The molecule has 2 aromatic rings. The topological polar surface area (TPSA) is 64.0 Å². The summed E-state index contributed by atoms with van der Waals surface area (Å²) in [5, 5.41) is 4.51. The summed E-state index contributed by atoms with van der Waals surface area (Å²) in [5.74, 6) is -0.0534. The number of carbonyl (C=O) groups excluding carboxylic acids is 1. The Hall–Kier alpha value is -1.15. The number of aromatic nitrogens is 2. The zero-order valence-electron chi connectivity index (χ0n) is 14.2. The number of carbonyl (C=O) groups is 1. The lowest BCUT2D eigenvalue weighted by Crippen LogP contribution is -2.25. The van der Waals surface area contributed by atoms with Gasteiger partial charge < -0.3 is 5.32 Å². The average Bonchev–Trinajstić information content (AvgIpc) is 2.97. The summed E-state index contributed by atoms with van der Waals surface area (Å²) in [7, 11) is 0. The van der Waals surface area contributed by atoms with E-state index in [1.165, 1.54) is 11.8 Å². The molecule has 1 N–H and O–H groups in total. The number of anilines is 1. The summed E-state index contributed by atoms with van der Waals surface area (Å²) in [4.78, 5) is 30.2. The number of benzene rings is 1. The van der Waals surface area contributed by atoms with Crippen molar-refractivity contribution in [3.63, 3.8) is 0 Å². The van der Waals surface area contributed by atoms with E-state index in [2.05, 4.69) is 17.2 Å². The van der Waals surface area contributed by atoms with Crippen molar-refractivity contribution in [3.05, 3.63) is 44.3 Å². The molecule has 1 unspecified atom stereocenters. The maximum absolute atomic E-state index is 12.6. The highest BCUT2D eigenvalue weighted by atomic mass is 35.5. The second-order valence-corrected chi connectivity index (χ2v) is 9.02. The first kappa shape index (κ1) is 19.6. The quantitative estimate of drug-likeness (QED) is 0.565. The van der Waals surface area contributed by atoms with E-state index >= 15 is 0 Å². The fraction of sp³-hybridized carbons (Fsp3) is 0.353. The van der Waals surface area contributed by atoms with Crippen molar-refractivity contribution >= 4 is 58.3 Å². The van der Waals surface area contributed by atoms with E-state index < -0.39 is 0 Å². The predicted molar refractivity (Wildman–Crippen MR) is 109 cm³/mol. The zero-order chi connectivity index (χ0) is 18.8. The van der Waals surface area contributed by atoms with Gasteiger partial charge in [-0.25, -0.2) is 4.98 Å². The highest BCUT2D eigenvalue weighted by Gasteiger charge is 2.26. The molecule has 1 atom stereocenters.